The predicted octanol–water partition coefficient (Wildman–Crippen LogP) is 7.18. The van der Waals surface area contributed by atoms with Crippen LogP contribution in [0.1, 0.15) is 76.6 Å². The molecule has 0 aliphatic carbocycles. The first-order chi connectivity index (χ1) is 20.1. The van der Waals surface area contributed by atoms with Gasteiger partial charge in [-0.15, -0.1) is 12.8 Å². The maximum Gasteiger partial charge on any atom is 0.410 e. The number of nitrogens with zero attached hydrogens (tertiary/aromatic N) is 4. The number of amides is 1. The van der Waals surface area contributed by atoms with E-state index < -0.39 is 12.3 Å². The van der Waals surface area contributed by atoms with Crippen molar-refractivity contribution in [2.24, 2.45) is 0 Å². The number of nitrogen functional groups attached to an aromatic ring is 1. The Kier molecular flexibility index (Phi) is 13.6. The molecule has 42 heavy (non-hydrogen) atoms. The number of likely N-dealkylation sites (tertiary alicyclic amines) is 1. The third kappa shape index (κ3) is 9.95. The highest BCUT2D eigenvalue weighted by atomic mass is 19.1. The van der Waals surface area contributed by atoms with Crippen LogP contribution >= 0.6 is 0 Å². The number of carbonyl (C=O) groups excluding carboxylic acids is 1. The highest BCUT2D eigenvalue weighted by Crippen LogP contribution is 2.35. The lowest BCUT2D eigenvalue weighted by Gasteiger charge is -2.33. The molecule has 1 amide bonds. The molecule has 1 fully saturated rings. The van der Waals surface area contributed by atoms with Gasteiger partial charge in [-0.3, -0.25) is 0 Å². The van der Waals surface area contributed by atoms with Gasteiger partial charge in [0, 0.05) is 30.3 Å². The lowest BCUT2D eigenvalue weighted by Crippen LogP contribution is -2.41. The monoisotopic (exact) mass is 577 g/mol. The number of halogens is 1. The molecule has 0 saturated carbocycles. The average Bonchev–Trinajstić information content (AvgIpc) is 3.38. The van der Waals surface area contributed by atoms with E-state index in [9.17, 15) is 9.18 Å². The Balaban J connectivity index is 0.000000368. The van der Waals surface area contributed by atoms with Crippen molar-refractivity contribution in [1.82, 2.24) is 19.5 Å². The quantitative estimate of drug-likeness (QED) is 0.236. The van der Waals surface area contributed by atoms with Crippen molar-refractivity contribution in [1.29, 1.82) is 0 Å². The van der Waals surface area contributed by atoms with Gasteiger partial charge in [-0.05, 0) is 70.2 Å². The van der Waals surface area contributed by atoms with Gasteiger partial charge in [0.15, 0.2) is 5.82 Å². The lowest BCUT2D eigenvalue weighted by molar-refractivity contribution is 0.0203. The van der Waals surface area contributed by atoms with Crippen molar-refractivity contribution in [3.05, 3.63) is 78.0 Å². The SMILES string of the molecule is C#C.CC/C=C(\C)c1cc(C2CCN(C(=O)OC(C)(C)C)CC2)n2ncnc(N)c12.FC/C=C/OCc1ccccc1. The summed E-state index contributed by atoms with van der Waals surface area (Å²) in [7, 11) is 0. The molecule has 1 aliphatic heterocycles. The molecule has 226 valence electrons. The van der Waals surface area contributed by atoms with Crippen LogP contribution in [0, 0.1) is 12.8 Å². The third-order valence-electron chi connectivity index (χ3n) is 6.48. The summed E-state index contributed by atoms with van der Waals surface area (Å²) >= 11 is 0. The highest BCUT2D eigenvalue weighted by Gasteiger charge is 2.30. The molecule has 4 rings (SSSR count). The number of rotatable bonds is 7. The molecular weight excluding hydrogens is 533 g/mol. The molecule has 0 bridgehead atoms. The van der Waals surface area contributed by atoms with Crippen LogP contribution in [0.4, 0.5) is 15.0 Å². The van der Waals surface area contributed by atoms with Crippen LogP contribution in [0.2, 0.25) is 0 Å². The van der Waals surface area contributed by atoms with Crippen LogP contribution in [0.3, 0.4) is 0 Å². The molecule has 1 saturated heterocycles. The minimum absolute atomic E-state index is 0.236. The van der Waals surface area contributed by atoms with Gasteiger partial charge < -0.3 is 20.1 Å². The van der Waals surface area contributed by atoms with E-state index in [1.165, 1.54) is 24.2 Å². The smallest absolute Gasteiger partial charge is 0.410 e. The van der Waals surface area contributed by atoms with E-state index >= 15 is 0 Å². The Hall–Kier alpha value is -4.32. The van der Waals surface area contributed by atoms with Crippen LogP contribution in [-0.4, -0.2) is 51.0 Å². The van der Waals surface area contributed by atoms with E-state index in [2.05, 4.69) is 48.9 Å². The predicted molar refractivity (Wildman–Crippen MR) is 167 cm³/mol. The summed E-state index contributed by atoms with van der Waals surface area (Å²) in [4.78, 5) is 18.3. The molecule has 0 radical (unpaired) electrons. The maximum atomic E-state index is 12.3. The Morgan fingerprint density at radius 3 is 2.45 bits per heavy atom. The van der Waals surface area contributed by atoms with Crippen LogP contribution in [0.15, 0.2) is 61.1 Å². The van der Waals surface area contributed by atoms with Gasteiger partial charge in [-0.2, -0.15) is 5.10 Å². The molecule has 1 aliphatic rings. The lowest BCUT2D eigenvalue weighted by atomic mass is 9.93. The molecular formula is C33H44FN5O3. The molecule has 3 heterocycles. The van der Waals surface area contributed by atoms with Gasteiger partial charge in [0.1, 0.15) is 30.7 Å². The number of hydrogen-bond acceptors (Lipinski definition) is 6. The molecule has 9 heteroatoms. The van der Waals surface area contributed by atoms with Gasteiger partial charge >= 0.3 is 6.09 Å². The number of fused-ring (bicyclic) bond motifs is 1. The summed E-state index contributed by atoms with van der Waals surface area (Å²) in [5.41, 5.74) is 11.1. The first-order valence-electron chi connectivity index (χ1n) is 14.1. The topological polar surface area (TPSA) is 95.0 Å². The van der Waals surface area contributed by atoms with Crippen molar-refractivity contribution in [2.75, 3.05) is 25.5 Å². The van der Waals surface area contributed by atoms with E-state index in [1.54, 1.807) is 4.90 Å². The van der Waals surface area contributed by atoms with Gasteiger partial charge in [-0.1, -0.05) is 43.3 Å². The number of piperidine rings is 1. The summed E-state index contributed by atoms with van der Waals surface area (Å²) < 4.78 is 24.0. The molecule has 0 spiro atoms. The molecule has 3 aromatic rings. The maximum absolute atomic E-state index is 12.3. The molecule has 0 atom stereocenters. The third-order valence-corrected chi connectivity index (χ3v) is 6.48. The number of benzene rings is 1. The number of hydrogen-bond donors (Lipinski definition) is 1. The fraction of sp³-hybridized carbons (Fsp3) is 0.424. The van der Waals surface area contributed by atoms with E-state index in [4.69, 9.17) is 15.2 Å². The van der Waals surface area contributed by atoms with E-state index in [-0.39, 0.29) is 6.09 Å². The van der Waals surface area contributed by atoms with Crippen molar-refractivity contribution < 1.29 is 18.7 Å². The van der Waals surface area contributed by atoms with Gasteiger partial charge in [-0.25, -0.2) is 18.7 Å². The fourth-order valence-electron chi connectivity index (χ4n) is 4.61. The molecule has 2 N–H and O–H groups in total. The number of alkyl halides is 1. The Morgan fingerprint density at radius 2 is 1.86 bits per heavy atom. The van der Waals surface area contributed by atoms with Crippen molar-refractivity contribution in [3.63, 3.8) is 0 Å². The second-order valence-corrected chi connectivity index (χ2v) is 10.7. The number of terminal acetylenes is 1. The number of aromatic nitrogens is 3. The normalized spacial score (nSPS) is 14.1. The standard InChI is InChI=1S/C21H31N5O2.C10H11FO.C2H2/c1-6-7-14(2)16-12-17(26-18(16)19(22)23-13-24-26)15-8-10-25(11-9-15)20(27)28-21(3,4)5;11-7-4-8-12-9-10-5-2-1-3-6-10;1-2/h7,12-13,15H,6,8-11H2,1-5H3,(H2,22,23,24);1-6,8H,7,9H2;1-2H/b14-7+;8-4+;. The Labute approximate surface area is 249 Å². The molecule has 0 unspecified atom stereocenters. The van der Waals surface area contributed by atoms with Crippen LogP contribution in [0.5, 0.6) is 0 Å². The van der Waals surface area contributed by atoms with E-state index in [1.807, 2.05) is 55.6 Å². The number of nitrogens with two attached hydrogens (primary N) is 1. The second-order valence-electron chi connectivity index (χ2n) is 10.7. The number of allylic oxidation sites excluding steroid dienone is 3. The largest absolute Gasteiger partial charge is 0.497 e. The summed E-state index contributed by atoms with van der Waals surface area (Å²) in [6, 6.07) is 11.9. The summed E-state index contributed by atoms with van der Waals surface area (Å²) in [5.74, 6) is 0.801. The Morgan fingerprint density at radius 1 is 1.19 bits per heavy atom. The van der Waals surface area contributed by atoms with E-state index in [0.717, 1.165) is 41.6 Å². The van der Waals surface area contributed by atoms with Crippen molar-refractivity contribution >= 4 is 23.0 Å². The second kappa shape index (κ2) is 16.8. The van der Waals surface area contributed by atoms with Gasteiger partial charge in [0.25, 0.3) is 0 Å². The molecule has 8 nitrogen and oxygen atoms in total. The minimum atomic E-state index is -0.477. The number of carbonyl (C=O) groups is 1. The highest BCUT2D eigenvalue weighted by molar-refractivity contribution is 5.85. The molecule has 1 aromatic carbocycles. The summed E-state index contributed by atoms with van der Waals surface area (Å²) in [5, 5.41) is 4.48. The first-order valence-corrected chi connectivity index (χ1v) is 14.1. The molecule has 2 aromatic heterocycles. The number of ether oxygens (including phenoxy) is 2. The first kappa shape index (κ1) is 33.9. The average molecular weight is 578 g/mol. The van der Waals surface area contributed by atoms with Gasteiger partial charge in [0.2, 0.25) is 0 Å². The van der Waals surface area contributed by atoms with Crippen molar-refractivity contribution in [3.8, 4) is 12.8 Å². The Bertz CT molecular complexity index is 1330. The van der Waals surface area contributed by atoms with Gasteiger partial charge in [0.05, 0.1) is 6.26 Å². The van der Waals surface area contributed by atoms with Crippen LogP contribution in [0.25, 0.3) is 11.1 Å². The number of anilines is 1. The summed E-state index contributed by atoms with van der Waals surface area (Å²) in [6.07, 6.45) is 16.9. The fourth-order valence-corrected chi connectivity index (χ4v) is 4.61. The zero-order valence-electron chi connectivity index (χ0n) is 25.4. The van der Waals surface area contributed by atoms with Crippen LogP contribution in [-0.2, 0) is 16.1 Å². The zero-order chi connectivity index (χ0) is 31.1. The minimum Gasteiger partial charge on any atom is -0.497 e. The summed E-state index contributed by atoms with van der Waals surface area (Å²) in [6.45, 7) is 11.3. The van der Waals surface area contributed by atoms with E-state index in [0.29, 0.717) is 31.4 Å². The zero-order valence-corrected chi connectivity index (χ0v) is 25.4. The van der Waals surface area contributed by atoms with Crippen molar-refractivity contribution in [2.45, 2.75) is 72.0 Å². The van der Waals surface area contributed by atoms with Crippen LogP contribution < -0.4 is 5.73 Å².